The summed E-state index contributed by atoms with van der Waals surface area (Å²) in [5.74, 6) is 0. The zero-order valence-electron chi connectivity index (χ0n) is 10.4. The minimum atomic E-state index is 0.282. The monoisotopic (exact) mass is 284 g/mol. The molecule has 1 atom stereocenters. The van der Waals surface area contributed by atoms with Crippen molar-refractivity contribution in [2.45, 2.75) is 19.4 Å². The van der Waals surface area contributed by atoms with E-state index >= 15 is 0 Å². The topological polar surface area (TPSA) is 38.5 Å². The van der Waals surface area contributed by atoms with E-state index in [0.717, 1.165) is 37.4 Å². The first-order valence-corrected chi connectivity index (χ1v) is 6.86. The van der Waals surface area contributed by atoms with Crippen molar-refractivity contribution in [3.8, 4) is 0 Å². The lowest BCUT2D eigenvalue weighted by Gasteiger charge is -2.34. The lowest BCUT2D eigenvalue weighted by Crippen LogP contribution is -2.42. The Morgan fingerprint density at radius 1 is 1.61 bits per heavy atom. The first kappa shape index (κ1) is 13.6. The molecular formula is C13H17ClN2OS. The quantitative estimate of drug-likeness (QED) is 0.866. The summed E-state index contributed by atoms with van der Waals surface area (Å²) in [5, 5.41) is 0.692. The van der Waals surface area contributed by atoms with Crippen LogP contribution in [0.5, 0.6) is 0 Å². The van der Waals surface area contributed by atoms with Crippen molar-refractivity contribution in [2.75, 3.05) is 24.6 Å². The molecule has 2 rings (SSSR count). The molecule has 2 N–H and O–H groups in total. The van der Waals surface area contributed by atoms with Crippen molar-refractivity contribution in [3.05, 3.63) is 28.8 Å². The lowest BCUT2D eigenvalue weighted by molar-refractivity contribution is 0.0384. The Morgan fingerprint density at radius 3 is 3.00 bits per heavy atom. The molecule has 0 spiro atoms. The first-order valence-electron chi connectivity index (χ1n) is 6.07. The van der Waals surface area contributed by atoms with Crippen LogP contribution in [0.2, 0.25) is 5.02 Å². The number of nitrogens with zero attached hydrogens (tertiary/aromatic N) is 1. The number of ether oxygens (including phenoxy) is 1. The van der Waals surface area contributed by atoms with Crippen LogP contribution < -0.4 is 10.6 Å². The fourth-order valence-corrected chi connectivity index (χ4v) is 2.53. The molecule has 1 fully saturated rings. The number of thiocarbonyl (C=S) groups is 1. The number of morpholine rings is 1. The Bertz CT molecular complexity index is 453. The number of halogens is 1. The van der Waals surface area contributed by atoms with Crippen molar-refractivity contribution in [1.82, 2.24) is 0 Å². The van der Waals surface area contributed by atoms with Gasteiger partial charge in [-0.05, 0) is 24.6 Å². The fraction of sp³-hybridized carbons (Fsp3) is 0.462. The number of hydrogen-bond acceptors (Lipinski definition) is 3. The van der Waals surface area contributed by atoms with Crippen LogP contribution >= 0.6 is 23.8 Å². The molecule has 1 aliphatic rings. The molecule has 0 radical (unpaired) electrons. The van der Waals surface area contributed by atoms with Gasteiger partial charge in [-0.3, -0.25) is 0 Å². The molecule has 1 saturated heterocycles. The van der Waals surface area contributed by atoms with Gasteiger partial charge in [-0.15, -0.1) is 0 Å². The average Bonchev–Trinajstić information content (AvgIpc) is 2.38. The van der Waals surface area contributed by atoms with Crippen LogP contribution in [0.15, 0.2) is 18.2 Å². The maximum atomic E-state index is 6.30. The molecule has 0 aliphatic carbocycles. The Balaban J connectivity index is 2.20. The normalized spacial score (nSPS) is 19.9. The number of anilines is 1. The average molecular weight is 285 g/mol. The van der Waals surface area contributed by atoms with Gasteiger partial charge in [0.2, 0.25) is 0 Å². The molecule has 3 nitrogen and oxygen atoms in total. The molecule has 1 aromatic rings. The molecule has 1 unspecified atom stereocenters. The summed E-state index contributed by atoms with van der Waals surface area (Å²) >= 11 is 11.2. The summed E-state index contributed by atoms with van der Waals surface area (Å²) in [6.07, 6.45) is 1.30. The predicted molar refractivity (Wildman–Crippen MR) is 79.6 cm³/mol. The van der Waals surface area contributed by atoms with Gasteiger partial charge in [0, 0.05) is 18.7 Å². The van der Waals surface area contributed by atoms with E-state index in [1.165, 1.54) is 0 Å². The smallest absolute Gasteiger partial charge is 0.104 e. The Kier molecular flexibility index (Phi) is 4.43. The van der Waals surface area contributed by atoms with E-state index in [9.17, 15) is 0 Å². The molecule has 0 amide bonds. The van der Waals surface area contributed by atoms with Gasteiger partial charge in [0.05, 0.1) is 23.4 Å². The van der Waals surface area contributed by atoms with Gasteiger partial charge in [0.25, 0.3) is 0 Å². The summed E-state index contributed by atoms with van der Waals surface area (Å²) in [4.78, 5) is 2.63. The van der Waals surface area contributed by atoms with Crippen molar-refractivity contribution in [1.29, 1.82) is 0 Å². The Labute approximate surface area is 118 Å². The summed E-state index contributed by atoms with van der Waals surface area (Å²) < 4.78 is 5.66. The SMILES string of the molecule is CCC1CN(c2ccc(C(N)=S)cc2Cl)CCO1. The molecule has 98 valence electrons. The zero-order chi connectivity index (χ0) is 13.1. The van der Waals surface area contributed by atoms with Gasteiger partial charge in [-0.2, -0.15) is 0 Å². The second kappa shape index (κ2) is 5.87. The highest BCUT2D eigenvalue weighted by Gasteiger charge is 2.20. The van der Waals surface area contributed by atoms with Crippen molar-refractivity contribution < 1.29 is 4.74 Å². The fourth-order valence-electron chi connectivity index (χ4n) is 2.10. The second-order valence-electron chi connectivity index (χ2n) is 4.38. The van der Waals surface area contributed by atoms with Crippen LogP contribution in [0, 0.1) is 0 Å². The third kappa shape index (κ3) is 2.94. The molecule has 1 aliphatic heterocycles. The molecule has 18 heavy (non-hydrogen) atoms. The van der Waals surface area contributed by atoms with Gasteiger partial charge in [0.15, 0.2) is 0 Å². The van der Waals surface area contributed by atoms with Crippen LogP contribution in [0.3, 0.4) is 0 Å². The highest BCUT2D eigenvalue weighted by atomic mass is 35.5. The highest BCUT2D eigenvalue weighted by molar-refractivity contribution is 7.80. The summed E-state index contributed by atoms with van der Waals surface area (Å²) in [6.45, 7) is 4.61. The van der Waals surface area contributed by atoms with E-state index in [1.807, 2.05) is 18.2 Å². The predicted octanol–water partition coefficient (Wildman–Crippen LogP) is 2.59. The maximum Gasteiger partial charge on any atom is 0.104 e. The largest absolute Gasteiger partial charge is 0.389 e. The second-order valence-corrected chi connectivity index (χ2v) is 5.22. The van der Waals surface area contributed by atoms with E-state index in [-0.39, 0.29) is 6.10 Å². The van der Waals surface area contributed by atoms with Crippen LogP contribution in [-0.2, 0) is 4.74 Å². The van der Waals surface area contributed by atoms with E-state index in [0.29, 0.717) is 10.0 Å². The molecule has 0 bridgehead atoms. The van der Waals surface area contributed by atoms with E-state index < -0.39 is 0 Å². The van der Waals surface area contributed by atoms with Crippen LogP contribution in [0.25, 0.3) is 0 Å². The van der Waals surface area contributed by atoms with Crippen molar-refractivity contribution in [2.24, 2.45) is 5.73 Å². The minimum Gasteiger partial charge on any atom is -0.389 e. The van der Waals surface area contributed by atoms with E-state index in [4.69, 9.17) is 34.3 Å². The zero-order valence-corrected chi connectivity index (χ0v) is 11.9. The molecule has 0 aromatic heterocycles. The summed E-state index contributed by atoms with van der Waals surface area (Å²) in [7, 11) is 0. The summed E-state index contributed by atoms with van der Waals surface area (Å²) in [5.41, 5.74) is 7.42. The van der Waals surface area contributed by atoms with Crippen molar-refractivity contribution in [3.63, 3.8) is 0 Å². The number of rotatable bonds is 3. The van der Waals surface area contributed by atoms with Crippen LogP contribution in [0.4, 0.5) is 5.69 Å². The van der Waals surface area contributed by atoms with Crippen LogP contribution in [0.1, 0.15) is 18.9 Å². The van der Waals surface area contributed by atoms with E-state index in [1.54, 1.807) is 0 Å². The molecule has 1 heterocycles. The lowest BCUT2D eigenvalue weighted by atomic mass is 10.1. The van der Waals surface area contributed by atoms with Gasteiger partial charge in [-0.1, -0.05) is 30.7 Å². The highest BCUT2D eigenvalue weighted by Crippen LogP contribution is 2.28. The van der Waals surface area contributed by atoms with Crippen molar-refractivity contribution >= 4 is 34.5 Å². The summed E-state index contributed by atoms with van der Waals surface area (Å²) in [6, 6.07) is 5.73. The third-order valence-corrected chi connectivity index (χ3v) is 3.71. The van der Waals surface area contributed by atoms with E-state index in [2.05, 4.69) is 11.8 Å². The number of nitrogens with two attached hydrogens (primary N) is 1. The Morgan fingerprint density at radius 2 is 2.39 bits per heavy atom. The first-order chi connectivity index (χ1) is 8.61. The number of hydrogen-bond donors (Lipinski definition) is 1. The Hall–Kier alpha value is -0.840. The standard InChI is InChI=1S/C13H17ClN2OS/c1-2-10-8-16(5-6-17-10)12-4-3-9(13(15)18)7-11(12)14/h3-4,7,10H,2,5-6,8H2,1H3,(H2,15,18). The molecular weight excluding hydrogens is 268 g/mol. The third-order valence-electron chi connectivity index (χ3n) is 3.17. The van der Waals surface area contributed by atoms with Gasteiger partial charge in [-0.25, -0.2) is 0 Å². The molecule has 0 saturated carbocycles. The molecule has 5 heteroatoms. The molecule has 1 aromatic carbocycles. The van der Waals surface area contributed by atoms with Crippen LogP contribution in [-0.4, -0.2) is 30.8 Å². The van der Waals surface area contributed by atoms with Gasteiger partial charge in [0.1, 0.15) is 4.99 Å². The van der Waals surface area contributed by atoms with Gasteiger partial charge >= 0.3 is 0 Å². The minimum absolute atomic E-state index is 0.282. The number of benzene rings is 1. The van der Waals surface area contributed by atoms with Gasteiger partial charge < -0.3 is 15.4 Å². The maximum absolute atomic E-state index is 6.30.